The number of rotatable bonds is 5. The highest BCUT2D eigenvalue weighted by Gasteiger charge is 2.11. The van der Waals surface area contributed by atoms with Crippen molar-refractivity contribution >= 4 is 0 Å². The number of halogens is 3. The van der Waals surface area contributed by atoms with E-state index in [1.165, 1.54) is 24.3 Å². The second-order valence-electron chi connectivity index (χ2n) is 4.92. The highest BCUT2D eigenvalue weighted by atomic mass is 19.1. The monoisotopic (exact) mass is 279 g/mol. The summed E-state index contributed by atoms with van der Waals surface area (Å²) in [5.74, 6) is -1.48. The van der Waals surface area contributed by atoms with Gasteiger partial charge in [-0.25, -0.2) is 13.2 Å². The number of hydrogen-bond acceptors (Lipinski definition) is 1. The first-order chi connectivity index (χ1) is 9.56. The molecule has 0 saturated carbocycles. The van der Waals surface area contributed by atoms with Gasteiger partial charge in [0, 0.05) is 6.07 Å². The van der Waals surface area contributed by atoms with Gasteiger partial charge in [0.1, 0.15) is 17.5 Å². The summed E-state index contributed by atoms with van der Waals surface area (Å²) >= 11 is 0. The molecule has 20 heavy (non-hydrogen) atoms. The van der Waals surface area contributed by atoms with Gasteiger partial charge in [-0.1, -0.05) is 12.1 Å². The normalized spacial score (nSPS) is 12.4. The molecule has 2 aromatic rings. The average Bonchev–Trinajstić information content (AvgIpc) is 2.36. The minimum atomic E-state index is -0.596. The van der Waals surface area contributed by atoms with Crippen LogP contribution in [0.5, 0.6) is 0 Å². The summed E-state index contributed by atoms with van der Waals surface area (Å²) in [6.45, 7) is 0.370. The molecule has 1 unspecified atom stereocenters. The molecule has 1 atom stereocenters. The van der Waals surface area contributed by atoms with Crippen molar-refractivity contribution < 1.29 is 13.2 Å². The lowest BCUT2D eigenvalue weighted by atomic mass is 9.92. The Morgan fingerprint density at radius 3 is 2.00 bits per heavy atom. The fraction of sp³-hybridized carbons (Fsp3) is 0.250. The van der Waals surface area contributed by atoms with Crippen molar-refractivity contribution in [1.29, 1.82) is 0 Å². The van der Waals surface area contributed by atoms with E-state index in [0.717, 1.165) is 11.6 Å². The Hall–Kier alpha value is -1.81. The third-order valence-electron chi connectivity index (χ3n) is 3.19. The average molecular weight is 279 g/mol. The SMILES string of the molecule is NCC(Cc1cccc(F)c1)Cc1cc(F)cc(F)c1. The molecule has 0 fully saturated rings. The van der Waals surface area contributed by atoms with Crippen LogP contribution < -0.4 is 5.73 Å². The molecule has 0 aliphatic carbocycles. The highest BCUT2D eigenvalue weighted by Crippen LogP contribution is 2.17. The standard InChI is InChI=1S/C16H16F3N/c17-14-3-1-2-11(6-14)4-13(10-20)5-12-7-15(18)9-16(19)8-12/h1-3,6-9,13H,4-5,10,20H2. The van der Waals surface area contributed by atoms with E-state index in [4.69, 9.17) is 5.73 Å². The second kappa shape index (κ2) is 6.57. The summed E-state index contributed by atoms with van der Waals surface area (Å²) in [5.41, 5.74) is 7.10. The zero-order valence-electron chi connectivity index (χ0n) is 11.0. The summed E-state index contributed by atoms with van der Waals surface area (Å²) in [7, 11) is 0. The molecule has 4 heteroatoms. The molecule has 0 aliphatic heterocycles. The lowest BCUT2D eigenvalue weighted by Crippen LogP contribution is -2.19. The first kappa shape index (κ1) is 14.6. The number of nitrogens with two attached hydrogens (primary N) is 1. The summed E-state index contributed by atoms with van der Waals surface area (Å²) in [6.07, 6.45) is 1.04. The summed E-state index contributed by atoms with van der Waals surface area (Å²) in [6, 6.07) is 9.73. The van der Waals surface area contributed by atoms with Crippen molar-refractivity contribution in [3.05, 3.63) is 71.0 Å². The van der Waals surface area contributed by atoms with Gasteiger partial charge in [-0.3, -0.25) is 0 Å². The lowest BCUT2D eigenvalue weighted by Gasteiger charge is -2.15. The van der Waals surface area contributed by atoms with Gasteiger partial charge in [-0.05, 0) is 60.7 Å². The Morgan fingerprint density at radius 2 is 1.40 bits per heavy atom. The quantitative estimate of drug-likeness (QED) is 0.891. The fourth-order valence-corrected chi connectivity index (χ4v) is 2.30. The van der Waals surface area contributed by atoms with Gasteiger partial charge in [-0.15, -0.1) is 0 Å². The van der Waals surface area contributed by atoms with Crippen molar-refractivity contribution in [3.63, 3.8) is 0 Å². The molecule has 0 amide bonds. The molecule has 1 nitrogen and oxygen atoms in total. The van der Waals surface area contributed by atoms with E-state index >= 15 is 0 Å². The summed E-state index contributed by atoms with van der Waals surface area (Å²) in [5, 5.41) is 0. The van der Waals surface area contributed by atoms with Gasteiger partial charge in [0.15, 0.2) is 0 Å². The maximum Gasteiger partial charge on any atom is 0.126 e. The lowest BCUT2D eigenvalue weighted by molar-refractivity contribution is 0.522. The van der Waals surface area contributed by atoms with E-state index in [-0.39, 0.29) is 11.7 Å². The molecular weight excluding hydrogens is 263 g/mol. The van der Waals surface area contributed by atoms with Crippen LogP contribution in [0.3, 0.4) is 0 Å². The molecule has 2 rings (SSSR count). The molecule has 0 aliphatic rings. The first-order valence-electron chi connectivity index (χ1n) is 6.46. The molecule has 0 radical (unpaired) electrons. The van der Waals surface area contributed by atoms with Gasteiger partial charge in [0.2, 0.25) is 0 Å². The van der Waals surface area contributed by atoms with Crippen LogP contribution in [-0.2, 0) is 12.8 Å². The van der Waals surface area contributed by atoms with E-state index < -0.39 is 11.6 Å². The summed E-state index contributed by atoms with van der Waals surface area (Å²) in [4.78, 5) is 0. The maximum absolute atomic E-state index is 13.1. The van der Waals surface area contributed by atoms with Crippen molar-refractivity contribution in [1.82, 2.24) is 0 Å². The number of hydrogen-bond donors (Lipinski definition) is 1. The second-order valence-corrected chi connectivity index (χ2v) is 4.92. The predicted molar refractivity (Wildman–Crippen MR) is 72.7 cm³/mol. The molecule has 2 aromatic carbocycles. The number of benzene rings is 2. The van der Waals surface area contributed by atoms with Crippen LogP contribution in [0.1, 0.15) is 11.1 Å². The van der Waals surface area contributed by atoms with Crippen LogP contribution in [0.25, 0.3) is 0 Å². The molecule has 0 aromatic heterocycles. The molecule has 2 N–H and O–H groups in total. The minimum Gasteiger partial charge on any atom is -0.330 e. The van der Waals surface area contributed by atoms with E-state index in [1.54, 1.807) is 6.07 Å². The Morgan fingerprint density at radius 1 is 0.800 bits per heavy atom. The Balaban J connectivity index is 2.09. The van der Waals surface area contributed by atoms with Crippen LogP contribution in [0.4, 0.5) is 13.2 Å². The van der Waals surface area contributed by atoms with E-state index in [9.17, 15) is 13.2 Å². The maximum atomic E-state index is 13.1. The third-order valence-corrected chi connectivity index (χ3v) is 3.19. The zero-order valence-corrected chi connectivity index (χ0v) is 11.0. The highest BCUT2D eigenvalue weighted by molar-refractivity contribution is 5.21. The van der Waals surface area contributed by atoms with Gasteiger partial charge >= 0.3 is 0 Å². The smallest absolute Gasteiger partial charge is 0.126 e. The van der Waals surface area contributed by atoms with Crippen molar-refractivity contribution in [2.75, 3.05) is 6.54 Å². The van der Waals surface area contributed by atoms with Gasteiger partial charge in [0.25, 0.3) is 0 Å². The Kier molecular flexibility index (Phi) is 4.79. The van der Waals surface area contributed by atoms with E-state index in [0.29, 0.717) is 24.9 Å². The van der Waals surface area contributed by atoms with Crippen molar-refractivity contribution in [3.8, 4) is 0 Å². The van der Waals surface area contributed by atoms with Crippen LogP contribution in [0.15, 0.2) is 42.5 Å². The van der Waals surface area contributed by atoms with Crippen LogP contribution in [-0.4, -0.2) is 6.54 Å². The Bertz CT molecular complexity index is 563. The van der Waals surface area contributed by atoms with Crippen LogP contribution >= 0.6 is 0 Å². The molecule has 106 valence electrons. The van der Waals surface area contributed by atoms with Crippen molar-refractivity contribution in [2.24, 2.45) is 11.7 Å². The molecule has 0 bridgehead atoms. The fourth-order valence-electron chi connectivity index (χ4n) is 2.30. The molecule has 0 spiro atoms. The van der Waals surface area contributed by atoms with Gasteiger partial charge < -0.3 is 5.73 Å². The van der Waals surface area contributed by atoms with Crippen molar-refractivity contribution in [2.45, 2.75) is 12.8 Å². The van der Waals surface area contributed by atoms with E-state index in [2.05, 4.69) is 0 Å². The van der Waals surface area contributed by atoms with Crippen LogP contribution in [0, 0.1) is 23.4 Å². The van der Waals surface area contributed by atoms with Gasteiger partial charge in [-0.2, -0.15) is 0 Å². The Labute approximate surface area is 116 Å². The predicted octanol–water partition coefficient (Wildman–Crippen LogP) is 3.46. The molecular formula is C16H16F3N. The van der Waals surface area contributed by atoms with E-state index in [1.807, 2.05) is 6.07 Å². The zero-order chi connectivity index (χ0) is 14.5. The topological polar surface area (TPSA) is 26.0 Å². The minimum absolute atomic E-state index is 0.0120. The molecule has 0 heterocycles. The van der Waals surface area contributed by atoms with Crippen LogP contribution in [0.2, 0.25) is 0 Å². The first-order valence-corrected chi connectivity index (χ1v) is 6.46. The largest absolute Gasteiger partial charge is 0.330 e. The van der Waals surface area contributed by atoms with Gasteiger partial charge in [0.05, 0.1) is 0 Å². The molecule has 0 saturated heterocycles. The summed E-state index contributed by atoms with van der Waals surface area (Å²) < 4.78 is 39.4. The third kappa shape index (κ3) is 4.10.